The summed E-state index contributed by atoms with van der Waals surface area (Å²) in [5.74, 6) is 0.224. The van der Waals surface area contributed by atoms with Gasteiger partial charge in [-0.3, -0.25) is 4.79 Å². The van der Waals surface area contributed by atoms with E-state index in [2.05, 4.69) is 10.2 Å². The molecule has 2 unspecified atom stereocenters. The van der Waals surface area contributed by atoms with E-state index in [0.717, 1.165) is 30.6 Å². The quantitative estimate of drug-likeness (QED) is 0.864. The molecule has 0 bridgehead atoms. The number of carbonyl (C=O) groups is 1. The fourth-order valence-corrected chi connectivity index (χ4v) is 3.36. The van der Waals surface area contributed by atoms with Gasteiger partial charge in [0, 0.05) is 29.4 Å². The van der Waals surface area contributed by atoms with E-state index in [9.17, 15) is 9.90 Å². The lowest BCUT2D eigenvalue weighted by Crippen LogP contribution is -2.46. The Morgan fingerprint density at radius 1 is 1.47 bits per heavy atom. The van der Waals surface area contributed by atoms with E-state index in [1.165, 1.54) is 0 Å². The van der Waals surface area contributed by atoms with Crippen LogP contribution >= 0.6 is 11.6 Å². The van der Waals surface area contributed by atoms with Crippen LogP contribution in [0.2, 0.25) is 5.02 Å². The van der Waals surface area contributed by atoms with Gasteiger partial charge >= 0.3 is 0 Å². The number of rotatable bonds is 2. The summed E-state index contributed by atoms with van der Waals surface area (Å²) in [6.07, 6.45) is 1.94. The zero-order valence-corrected chi connectivity index (χ0v) is 11.4. The molecule has 2 atom stereocenters. The molecule has 4 nitrogen and oxygen atoms in total. The molecule has 0 aliphatic carbocycles. The first kappa shape index (κ1) is 12.8. The number of carbonyl (C=O) groups excluding carboxylic acids is 1. The number of nitrogens with one attached hydrogen (secondary N) is 1. The SMILES string of the molecule is O=C1NCC2C1CCCN2c1cc(Cl)ccc1CO. The number of nitrogens with zero attached hydrogens (tertiary/aromatic N) is 1. The molecule has 2 aliphatic heterocycles. The molecule has 1 aromatic rings. The molecule has 0 saturated carbocycles. The molecule has 0 radical (unpaired) electrons. The third-order valence-corrected chi connectivity index (χ3v) is 4.36. The average Bonchev–Trinajstić information content (AvgIpc) is 2.81. The third kappa shape index (κ3) is 2.19. The van der Waals surface area contributed by atoms with Gasteiger partial charge in [-0.25, -0.2) is 0 Å². The standard InChI is InChI=1S/C14H17ClN2O2/c15-10-4-3-9(8-18)12(6-10)17-5-1-2-11-13(17)7-16-14(11)19/h3-4,6,11,13,18H,1-2,5,7-8H2,(H,16,19). The van der Waals surface area contributed by atoms with Crippen LogP contribution in [0.15, 0.2) is 18.2 Å². The molecule has 2 fully saturated rings. The lowest BCUT2D eigenvalue weighted by atomic mass is 9.90. The molecule has 2 saturated heterocycles. The van der Waals surface area contributed by atoms with E-state index in [-0.39, 0.29) is 24.5 Å². The second-order valence-electron chi connectivity index (χ2n) is 5.19. The van der Waals surface area contributed by atoms with Gasteiger partial charge in [0.1, 0.15) is 0 Å². The summed E-state index contributed by atoms with van der Waals surface area (Å²) in [5.41, 5.74) is 1.82. The Morgan fingerprint density at radius 2 is 2.32 bits per heavy atom. The van der Waals surface area contributed by atoms with Gasteiger partial charge < -0.3 is 15.3 Å². The first-order valence-corrected chi connectivity index (χ1v) is 7.02. The number of aliphatic hydroxyl groups is 1. The van der Waals surface area contributed by atoms with Gasteiger partial charge in [-0.05, 0) is 25.0 Å². The number of fused-ring (bicyclic) bond motifs is 1. The average molecular weight is 281 g/mol. The molecule has 1 aromatic carbocycles. The van der Waals surface area contributed by atoms with E-state index in [1.807, 2.05) is 12.1 Å². The lowest BCUT2D eigenvalue weighted by Gasteiger charge is -2.38. The minimum Gasteiger partial charge on any atom is -0.392 e. The van der Waals surface area contributed by atoms with Crippen LogP contribution in [0.1, 0.15) is 18.4 Å². The molecule has 2 heterocycles. The van der Waals surface area contributed by atoms with Crippen LogP contribution < -0.4 is 10.2 Å². The predicted octanol–water partition coefficient (Wildman–Crippen LogP) is 1.55. The summed E-state index contributed by atoms with van der Waals surface area (Å²) in [6, 6.07) is 5.71. The van der Waals surface area contributed by atoms with Crippen molar-refractivity contribution < 1.29 is 9.90 Å². The minimum atomic E-state index is -0.0121. The molecule has 1 amide bonds. The summed E-state index contributed by atoms with van der Waals surface area (Å²) in [7, 11) is 0. The number of amides is 1. The Bertz CT molecular complexity index is 506. The van der Waals surface area contributed by atoms with Crippen molar-refractivity contribution in [3.05, 3.63) is 28.8 Å². The molecule has 19 heavy (non-hydrogen) atoms. The summed E-state index contributed by atoms with van der Waals surface area (Å²) < 4.78 is 0. The molecule has 2 N–H and O–H groups in total. The Hall–Kier alpha value is -1.26. The van der Waals surface area contributed by atoms with E-state index in [0.29, 0.717) is 11.6 Å². The molecule has 3 rings (SSSR count). The van der Waals surface area contributed by atoms with E-state index in [4.69, 9.17) is 11.6 Å². The van der Waals surface area contributed by atoms with Crippen molar-refractivity contribution in [1.29, 1.82) is 0 Å². The summed E-state index contributed by atoms with van der Waals surface area (Å²) in [4.78, 5) is 14.0. The summed E-state index contributed by atoms with van der Waals surface area (Å²) in [6.45, 7) is 1.58. The highest BCUT2D eigenvalue weighted by Crippen LogP contribution is 2.34. The van der Waals surface area contributed by atoms with Crippen LogP contribution in [0.4, 0.5) is 5.69 Å². The number of halogens is 1. The maximum Gasteiger partial charge on any atom is 0.225 e. The lowest BCUT2D eigenvalue weighted by molar-refractivity contribution is -0.122. The van der Waals surface area contributed by atoms with Crippen LogP contribution in [0.3, 0.4) is 0 Å². The summed E-state index contributed by atoms with van der Waals surface area (Å²) >= 11 is 6.07. The number of aliphatic hydroxyl groups excluding tert-OH is 1. The maximum absolute atomic E-state index is 11.8. The monoisotopic (exact) mass is 280 g/mol. The second-order valence-corrected chi connectivity index (χ2v) is 5.62. The maximum atomic E-state index is 11.8. The molecular weight excluding hydrogens is 264 g/mol. The van der Waals surface area contributed by atoms with Crippen molar-refractivity contribution in [3.8, 4) is 0 Å². The number of anilines is 1. The first-order valence-electron chi connectivity index (χ1n) is 6.64. The minimum absolute atomic E-state index is 0.0121. The number of benzene rings is 1. The predicted molar refractivity (Wildman–Crippen MR) is 74.2 cm³/mol. The zero-order chi connectivity index (χ0) is 13.4. The topological polar surface area (TPSA) is 52.6 Å². The van der Waals surface area contributed by atoms with Gasteiger partial charge in [-0.15, -0.1) is 0 Å². The second kappa shape index (κ2) is 5.02. The van der Waals surface area contributed by atoms with Crippen LogP contribution in [0.5, 0.6) is 0 Å². The Kier molecular flexibility index (Phi) is 3.37. The van der Waals surface area contributed by atoms with Crippen LogP contribution in [0, 0.1) is 5.92 Å². The van der Waals surface area contributed by atoms with Gasteiger partial charge in [0.25, 0.3) is 0 Å². The van der Waals surface area contributed by atoms with Gasteiger partial charge in [0.2, 0.25) is 5.91 Å². The molecule has 0 aromatic heterocycles. The Balaban J connectivity index is 1.97. The number of hydrogen-bond donors (Lipinski definition) is 2. The van der Waals surface area contributed by atoms with Crippen LogP contribution in [-0.4, -0.2) is 30.1 Å². The van der Waals surface area contributed by atoms with Gasteiger partial charge in [0.05, 0.1) is 18.6 Å². The molecule has 2 aliphatic rings. The fraction of sp³-hybridized carbons (Fsp3) is 0.500. The van der Waals surface area contributed by atoms with Crippen molar-refractivity contribution in [2.24, 2.45) is 5.92 Å². The number of piperidine rings is 1. The normalized spacial score (nSPS) is 26.2. The molecule has 102 valence electrons. The van der Waals surface area contributed by atoms with Gasteiger partial charge in [-0.1, -0.05) is 17.7 Å². The van der Waals surface area contributed by atoms with Crippen molar-refractivity contribution in [1.82, 2.24) is 5.32 Å². The van der Waals surface area contributed by atoms with Crippen molar-refractivity contribution in [2.45, 2.75) is 25.5 Å². The largest absolute Gasteiger partial charge is 0.392 e. The highest BCUT2D eigenvalue weighted by atomic mass is 35.5. The molecule has 5 heteroatoms. The van der Waals surface area contributed by atoms with Crippen molar-refractivity contribution in [3.63, 3.8) is 0 Å². The fourth-order valence-electron chi connectivity index (χ4n) is 3.19. The third-order valence-electron chi connectivity index (χ3n) is 4.13. The Labute approximate surface area is 117 Å². The van der Waals surface area contributed by atoms with E-state index >= 15 is 0 Å². The van der Waals surface area contributed by atoms with Crippen molar-refractivity contribution >= 4 is 23.2 Å². The van der Waals surface area contributed by atoms with E-state index < -0.39 is 0 Å². The first-order chi connectivity index (χ1) is 9.20. The Morgan fingerprint density at radius 3 is 3.11 bits per heavy atom. The van der Waals surface area contributed by atoms with Crippen LogP contribution in [-0.2, 0) is 11.4 Å². The van der Waals surface area contributed by atoms with E-state index in [1.54, 1.807) is 6.07 Å². The number of hydrogen-bond acceptors (Lipinski definition) is 3. The highest BCUT2D eigenvalue weighted by Gasteiger charge is 2.41. The van der Waals surface area contributed by atoms with Gasteiger partial charge in [0.15, 0.2) is 0 Å². The van der Waals surface area contributed by atoms with Gasteiger partial charge in [-0.2, -0.15) is 0 Å². The smallest absolute Gasteiger partial charge is 0.225 e. The highest BCUT2D eigenvalue weighted by molar-refractivity contribution is 6.30. The van der Waals surface area contributed by atoms with Crippen molar-refractivity contribution in [2.75, 3.05) is 18.0 Å². The summed E-state index contributed by atoms with van der Waals surface area (Å²) in [5, 5.41) is 13.1. The zero-order valence-electron chi connectivity index (χ0n) is 10.6. The molecule has 0 spiro atoms. The van der Waals surface area contributed by atoms with Crippen LogP contribution in [0.25, 0.3) is 0 Å². The molecular formula is C14H17ClN2O2.